The molecule has 9 nitrogen and oxygen atoms in total. The number of rotatable bonds is 11. The molecule has 2 amide bonds. The third kappa shape index (κ3) is 6.87. The SMILES string of the molecule is NCCCOc1cc(OCCF)ccc1C(=O)Nc1cccnc1C(=O)Nc1ccc(Cl)cn1. The summed E-state index contributed by atoms with van der Waals surface area (Å²) in [5.74, 6) is -0.236. The lowest BCUT2D eigenvalue weighted by atomic mass is 10.1. The van der Waals surface area contributed by atoms with Gasteiger partial charge in [-0.25, -0.2) is 14.4 Å². The lowest BCUT2D eigenvalue weighted by Crippen LogP contribution is -2.20. The molecule has 3 aromatic rings. The van der Waals surface area contributed by atoms with E-state index in [1.807, 2.05) is 0 Å². The first-order valence-electron chi connectivity index (χ1n) is 10.4. The minimum absolute atomic E-state index is 0.0129. The Morgan fingerprint density at radius 1 is 1.03 bits per heavy atom. The van der Waals surface area contributed by atoms with Crippen LogP contribution in [0.15, 0.2) is 54.9 Å². The van der Waals surface area contributed by atoms with Gasteiger partial charge in [0, 0.05) is 18.5 Å². The van der Waals surface area contributed by atoms with Crippen molar-refractivity contribution in [1.29, 1.82) is 0 Å². The number of nitrogens with zero attached hydrogens (tertiary/aromatic N) is 2. The number of hydrogen-bond donors (Lipinski definition) is 3. The Hall–Kier alpha value is -3.76. The summed E-state index contributed by atoms with van der Waals surface area (Å²) in [4.78, 5) is 33.9. The van der Waals surface area contributed by atoms with Crippen LogP contribution in [-0.2, 0) is 0 Å². The van der Waals surface area contributed by atoms with Crippen molar-refractivity contribution >= 4 is 34.9 Å². The highest BCUT2D eigenvalue weighted by Gasteiger charge is 2.19. The lowest BCUT2D eigenvalue weighted by Gasteiger charge is -2.15. The van der Waals surface area contributed by atoms with Crippen LogP contribution in [0, 0.1) is 0 Å². The van der Waals surface area contributed by atoms with Crippen LogP contribution in [0.4, 0.5) is 15.9 Å². The summed E-state index contributed by atoms with van der Waals surface area (Å²) in [6, 6.07) is 10.8. The summed E-state index contributed by atoms with van der Waals surface area (Å²) >= 11 is 5.82. The van der Waals surface area contributed by atoms with Gasteiger partial charge in [0.1, 0.15) is 30.6 Å². The number of aromatic nitrogens is 2. The van der Waals surface area contributed by atoms with Gasteiger partial charge in [0.2, 0.25) is 0 Å². The van der Waals surface area contributed by atoms with Crippen molar-refractivity contribution in [3.8, 4) is 11.5 Å². The van der Waals surface area contributed by atoms with Crippen molar-refractivity contribution in [2.24, 2.45) is 5.73 Å². The highest BCUT2D eigenvalue weighted by molar-refractivity contribution is 6.30. The highest BCUT2D eigenvalue weighted by atomic mass is 35.5. The van der Waals surface area contributed by atoms with Crippen molar-refractivity contribution in [3.63, 3.8) is 0 Å². The predicted molar refractivity (Wildman–Crippen MR) is 126 cm³/mol. The predicted octanol–water partition coefficient (Wildman–Crippen LogP) is 3.71. The number of benzene rings is 1. The molecular weight excluding hydrogens is 465 g/mol. The molecule has 3 rings (SSSR count). The molecule has 34 heavy (non-hydrogen) atoms. The monoisotopic (exact) mass is 487 g/mol. The second-order valence-electron chi connectivity index (χ2n) is 6.86. The Bertz CT molecular complexity index is 1130. The van der Waals surface area contributed by atoms with Gasteiger partial charge in [-0.3, -0.25) is 9.59 Å². The minimum atomic E-state index is -0.650. The average molecular weight is 488 g/mol. The molecule has 0 atom stereocenters. The van der Waals surface area contributed by atoms with Crippen LogP contribution in [0.25, 0.3) is 0 Å². The molecule has 1 aromatic carbocycles. The van der Waals surface area contributed by atoms with Gasteiger partial charge in [-0.05, 0) is 49.4 Å². The van der Waals surface area contributed by atoms with Gasteiger partial charge >= 0.3 is 0 Å². The Labute approximate surface area is 200 Å². The van der Waals surface area contributed by atoms with Crippen LogP contribution in [0.3, 0.4) is 0 Å². The van der Waals surface area contributed by atoms with Crippen molar-refractivity contribution in [3.05, 3.63) is 71.1 Å². The van der Waals surface area contributed by atoms with Crippen LogP contribution < -0.4 is 25.8 Å². The third-order valence-corrected chi connectivity index (χ3v) is 4.61. The molecule has 2 aromatic heterocycles. The number of alkyl halides is 1. The van der Waals surface area contributed by atoms with E-state index in [-0.39, 0.29) is 41.7 Å². The number of hydrogen-bond acceptors (Lipinski definition) is 7. The zero-order valence-corrected chi connectivity index (χ0v) is 18.8. The summed E-state index contributed by atoms with van der Waals surface area (Å²) < 4.78 is 23.4. The van der Waals surface area contributed by atoms with E-state index >= 15 is 0 Å². The molecule has 4 N–H and O–H groups in total. The molecule has 0 aliphatic carbocycles. The number of carbonyl (C=O) groups excluding carboxylic acids is 2. The molecule has 2 heterocycles. The second kappa shape index (κ2) is 12.5. The molecule has 178 valence electrons. The normalized spacial score (nSPS) is 10.4. The van der Waals surface area contributed by atoms with Gasteiger partial charge in [-0.15, -0.1) is 0 Å². The maximum absolute atomic E-state index is 13.1. The van der Waals surface area contributed by atoms with Gasteiger partial charge in [0.15, 0.2) is 5.69 Å². The van der Waals surface area contributed by atoms with Gasteiger partial charge in [-0.2, -0.15) is 0 Å². The Balaban J connectivity index is 1.80. The third-order valence-electron chi connectivity index (χ3n) is 4.39. The first kappa shape index (κ1) is 24.9. The van der Waals surface area contributed by atoms with Gasteiger partial charge in [0.05, 0.1) is 22.9 Å². The largest absolute Gasteiger partial charge is 0.493 e. The zero-order valence-electron chi connectivity index (χ0n) is 18.1. The number of anilines is 2. The van der Waals surface area contributed by atoms with E-state index in [1.165, 1.54) is 30.6 Å². The molecule has 0 fully saturated rings. The summed E-state index contributed by atoms with van der Waals surface area (Å²) in [5.41, 5.74) is 5.88. The van der Waals surface area contributed by atoms with E-state index in [9.17, 15) is 14.0 Å². The van der Waals surface area contributed by atoms with Crippen molar-refractivity contribution in [1.82, 2.24) is 9.97 Å². The molecule has 0 unspecified atom stereocenters. The van der Waals surface area contributed by atoms with Crippen molar-refractivity contribution in [2.45, 2.75) is 6.42 Å². The summed E-state index contributed by atoms with van der Waals surface area (Å²) in [7, 11) is 0. The molecule has 11 heteroatoms. The molecule has 0 spiro atoms. The fraction of sp³-hybridized carbons (Fsp3) is 0.217. The summed E-state index contributed by atoms with van der Waals surface area (Å²) in [5, 5.41) is 5.72. The zero-order chi connectivity index (χ0) is 24.3. The Morgan fingerprint density at radius 3 is 2.62 bits per heavy atom. The quantitative estimate of drug-likeness (QED) is 0.351. The number of ether oxygens (including phenoxy) is 2. The number of nitrogens with one attached hydrogen (secondary N) is 2. The van der Waals surface area contributed by atoms with E-state index < -0.39 is 18.5 Å². The van der Waals surface area contributed by atoms with Crippen LogP contribution in [0.1, 0.15) is 27.3 Å². The molecule has 0 aliphatic rings. The fourth-order valence-electron chi connectivity index (χ4n) is 2.82. The number of halogens is 2. The maximum Gasteiger partial charge on any atom is 0.277 e. The molecule has 0 saturated heterocycles. The molecule has 0 radical (unpaired) electrons. The summed E-state index contributed by atoms with van der Waals surface area (Å²) in [6.45, 7) is -0.0817. The number of nitrogens with two attached hydrogens (primary N) is 1. The first-order valence-corrected chi connectivity index (χ1v) is 10.7. The first-order chi connectivity index (χ1) is 16.5. The van der Waals surface area contributed by atoms with Crippen molar-refractivity contribution in [2.75, 3.05) is 37.1 Å². The van der Waals surface area contributed by atoms with E-state index in [0.717, 1.165) is 0 Å². The fourth-order valence-corrected chi connectivity index (χ4v) is 2.94. The van der Waals surface area contributed by atoms with E-state index in [4.69, 9.17) is 26.8 Å². The van der Waals surface area contributed by atoms with Crippen LogP contribution in [0.5, 0.6) is 11.5 Å². The summed E-state index contributed by atoms with van der Waals surface area (Å²) in [6.07, 6.45) is 3.39. The van der Waals surface area contributed by atoms with Crippen molar-refractivity contribution < 1.29 is 23.5 Å². The minimum Gasteiger partial charge on any atom is -0.493 e. The molecular formula is C23H23ClFN5O4. The Morgan fingerprint density at radius 2 is 1.88 bits per heavy atom. The maximum atomic E-state index is 13.1. The van der Waals surface area contributed by atoms with Crippen LogP contribution in [-0.4, -0.2) is 48.2 Å². The van der Waals surface area contributed by atoms with Crippen LogP contribution in [0.2, 0.25) is 5.02 Å². The Kier molecular flexibility index (Phi) is 9.12. The number of carbonyl (C=O) groups is 2. The standard InChI is InChI=1S/C23H23ClFN5O4/c24-15-4-7-20(28-14-15)30-23(32)21-18(3-1-10-27-21)29-22(31)17-6-5-16(33-12-8-25)13-19(17)34-11-2-9-26/h1,3-7,10,13-14H,2,8-9,11-12,26H2,(H,29,31)(H,28,30,32). The van der Waals surface area contributed by atoms with Gasteiger partial charge in [0.25, 0.3) is 11.8 Å². The number of pyridine rings is 2. The smallest absolute Gasteiger partial charge is 0.277 e. The molecule has 0 saturated carbocycles. The molecule has 0 aliphatic heterocycles. The topological polar surface area (TPSA) is 128 Å². The van der Waals surface area contributed by atoms with Gasteiger partial charge < -0.3 is 25.8 Å². The molecule has 0 bridgehead atoms. The van der Waals surface area contributed by atoms with E-state index in [1.54, 1.807) is 24.3 Å². The second-order valence-corrected chi connectivity index (χ2v) is 7.29. The lowest BCUT2D eigenvalue weighted by molar-refractivity contribution is 0.102. The average Bonchev–Trinajstić information content (AvgIpc) is 2.84. The van der Waals surface area contributed by atoms with E-state index in [0.29, 0.717) is 23.7 Å². The van der Waals surface area contributed by atoms with Gasteiger partial charge in [-0.1, -0.05) is 11.6 Å². The number of amides is 2. The van der Waals surface area contributed by atoms with E-state index in [2.05, 4.69) is 20.6 Å². The van der Waals surface area contributed by atoms with Crippen LogP contribution >= 0.6 is 11.6 Å². The highest BCUT2D eigenvalue weighted by Crippen LogP contribution is 2.27.